The fourth-order valence-corrected chi connectivity index (χ4v) is 2.84. The number of hydrogen-bond donors (Lipinski definition) is 0. The van der Waals surface area contributed by atoms with Gasteiger partial charge in [0.2, 0.25) is 0 Å². The van der Waals surface area contributed by atoms with E-state index in [9.17, 15) is 0 Å². The number of fused-ring (bicyclic) bond motifs is 8. The van der Waals surface area contributed by atoms with Crippen LogP contribution in [0.1, 0.15) is 0 Å². The molecule has 0 aliphatic rings. The predicted molar refractivity (Wildman–Crippen MR) is 76.7 cm³/mol. The Kier molecular flexibility index (Phi) is 1.65. The summed E-state index contributed by atoms with van der Waals surface area (Å²) in [6, 6.07) is 14.1. The van der Waals surface area contributed by atoms with Crippen molar-refractivity contribution in [3.63, 3.8) is 0 Å². The average Bonchev–Trinajstić information content (AvgIpc) is 3.11. The fourth-order valence-electron chi connectivity index (χ4n) is 2.84. The molecule has 0 radical (unpaired) electrons. The molecule has 5 rings (SSSR count). The minimum absolute atomic E-state index is 0.831. The Balaban J connectivity index is 2.26. The van der Waals surface area contributed by atoms with E-state index in [1.807, 2.05) is 47.1 Å². The van der Waals surface area contributed by atoms with E-state index in [0.717, 1.165) is 33.2 Å². The maximum atomic E-state index is 4.75. The van der Waals surface area contributed by atoms with Crippen LogP contribution in [-0.2, 0) is 0 Å². The quantitative estimate of drug-likeness (QED) is 0.429. The molecule has 20 heavy (non-hydrogen) atoms. The van der Waals surface area contributed by atoms with Crippen LogP contribution in [0.3, 0.4) is 0 Å². The number of rotatable bonds is 0. The Morgan fingerprint density at radius 1 is 0.950 bits per heavy atom. The zero-order chi connectivity index (χ0) is 13.1. The smallest absolute Gasteiger partial charge is 0.182 e. The lowest BCUT2D eigenvalue weighted by Gasteiger charge is -2.02. The van der Waals surface area contributed by atoms with Gasteiger partial charge in [0.25, 0.3) is 0 Å². The predicted octanol–water partition coefficient (Wildman–Crippen LogP) is 2.68. The summed E-state index contributed by atoms with van der Waals surface area (Å²) >= 11 is 0. The van der Waals surface area contributed by atoms with Gasteiger partial charge in [-0.2, -0.15) is 5.10 Å². The number of para-hydroxylation sites is 1. The zero-order valence-corrected chi connectivity index (χ0v) is 10.4. The van der Waals surface area contributed by atoms with E-state index in [2.05, 4.69) is 20.5 Å². The van der Waals surface area contributed by atoms with E-state index < -0.39 is 0 Å². The minimum atomic E-state index is 0.831. The third-order valence-corrected chi connectivity index (χ3v) is 3.68. The van der Waals surface area contributed by atoms with Gasteiger partial charge in [0.05, 0.1) is 5.52 Å². The summed E-state index contributed by atoms with van der Waals surface area (Å²) in [5.74, 6) is 0. The molecule has 0 atom stereocenters. The van der Waals surface area contributed by atoms with E-state index >= 15 is 0 Å². The van der Waals surface area contributed by atoms with Crippen LogP contribution in [0.4, 0.5) is 0 Å². The van der Waals surface area contributed by atoms with Gasteiger partial charge >= 0.3 is 0 Å². The standard InChI is InChI=1S/C15H9N5/c1-2-6-11-10(5-1)13-14(15-16-9-17-20(11)15)19-8-4-3-7-12(19)18-13/h1-9H. The molecule has 0 spiro atoms. The molecule has 0 aliphatic heterocycles. The highest BCUT2D eigenvalue weighted by Gasteiger charge is 2.14. The molecule has 0 bridgehead atoms. The summed E-state index contributed by atoms with van der Waals surface area (Å²) in [6.45, 7) is 0. The van der Waals surface area contributed by atoms with Crippen LogP contribution in [0.5, 0.6) is 0 Å². The van der Waals surface area contributed by atoms with Crippen LogP contribution in [0.25, 0.3) is 33.2 Å². The largest absolute Gasteiger partial charge is 0.296 e. The lowest BCUT2D eigenvalue weighted by Crippen LogP contribution is -1.93. The summed E-state index contributed by atoms with van der Waals surface area (Å²) in [7, 11) is 0. The van der Waals surface area contributed by atoms with Crippen molar-refractivity contribution in [2.75, 3.05) is 0 Å². The monoisotopic (exact) mass is 259 g/mol. The number of benzene rings is 1. The average molecular weight is 259 g/mol. The van der Waals surface area contributed by atoms with Crippen LogP contribution in [0.2, 0.25) is 0 Å². The minimum Gasteiger partial charge on any atom is -0.296 e. The van der Waals surface area contributed by atoms with E-state index in [-0.39, 0.29) is 0 Å². The molecular weight excluding hydrogens is 250 g/mol. The van der Waals surface area contributed by atoms with Crippen molar-refractivity contribution in [1.82, 2.24) is 24.0 Å². The lowest BCUT2D eigenvalue weighted by molar-refractivity contribution is 1.01. The van der Waals surface area contributed by atoms with Crippen LogP contribution < -0.4 is 0 Å². The first-order valence-electron chi connectivity index (χ1n) is 6.41. The van der Waals surface area contributed by atoms with Crippen LogP contribution in [0.15, 0.2) is 55.0 Å². The van der Waals surface area contributed by atoms with Crippen LogP contribution in [0, 0.1) is 0 Å². The molecule has 4 heterocycles. The summed E-state index contributed by atoms with van der Waals surface area (Å²) in [5, 5.41) is 5.44. The first-order chi connectivity index (χ1) is 9.93. The zero-order valence-electron chi connectivity index (χ0n) is 10.4. The van der Waals surface area contributed by atoms with Gasteiger partial charge < -0.3 is 0 Å². The van der Waals surface area contributed by atoms with Crippen molar-refractivity contribution < 1.29 is 0 Å². The third kappa shape index (κ3) is 1.06. The molecule has 0 saturated heterocycles. The van der Waals surface area contributed by atoms with E-state index in [1.54, 1.807) is 6.33 Å². The maximum absolute atomic E-state index is 4.75. The van der Waals surface area contributed by atoms with Gasteiger partial charge in [-0.05, 0) is 18.2 Å². The molecule has 0 unspecified atom stereocenters. The number of nitrogens with zero attached hydrogens (tertiary/aromatic N) is 5. The lowest BCUT2D eigenvalue weighted by atomic mass is 10.2. The second kappa shape index (κ2) is 3.33. The topological polar surface area (TPSA) is 47.5 Å². The highest BCUT2D eigenvalue weighted by Crippen LogP contribution is 2.28. The van der Waals surface area contributed by atoms with E-state index in [1.165, 1.54) is 0 Å². The second-order valence-corrected chi connectivity index (χ2v) is 4.75. The van der Waals surface area contributed by atoms with Crippen molar-refractivity contribution in [3.8, 4) is 0 Å². The van der Waals surface area contributed by atoms with Gasteiger partial charge in [-0.25, -0.2) is 14.5 Å². The van der Waals surface area contributed by atoms with Crippen molar-refractivity contribution in [3.05, 3.63) is 55.0 Å². The highest BCUT2D eigenvalue weighted by atomic mass is 15.3. The Bertz CT molecular complexity index is 1100. The van der Waals surface area contributed by atoms with Crippen molar-refractivity contribution in [2.24, 2.45) is 0 Å². The van der Waals surface area contributed by atoms with Crippen molar-refractivity contribution in [1.29, 1.82) is 0 Å². The molecule has 4 aromatic heterocycles. The Morgan fingerprint density at radius 3 is 2.85 bits per heavy atom. The first kappa shape index (κ1) is 9.91. The Hall–Kier alpha value is -2.95. The SMILES string of the molecule is c1ccc2c(c1)c1nc3ccccn3c1c1ncnn21. The normalized spacial score (nSPS) is 12.0. The molecule has 5 aromatic rings. The van der Waals surface area contributed by atoms with Crippen molar-refractivity contribution in [2.45, 2.75) is 0 Å². The van der Waals surface area contributed by atoms with Crippen molar-refractivity contribution >= 4 is 33.2 Å². The Morgan fingerprint density at radius 2 is 1.85 bits per heavy atom. The molecule has 0 saturated carbocycles. The Labute approximate surface area is 113 Å². The van der Waals surface area contributed by atoms with Crippen LogP contribution >= 0.6 is 0 Å². The molecule has 5 heteroatoms. The summed E-state index contributed by atoms with van der Waals surface area (Å²) in [5.41, 5.74) is 4.74. The first-order valence-corrected chi connectivity index (χ1v) is 6.41. The van der Waals surface area contributed by atoms with Crippen LogP contribution in [-0.4, -0.2) is 24.0 Å². The summed E-state index contributed by atoms with van der Waals surface area (Å²) in [4.78, 5) is 9.17. The second-order valence-electron chi connectivity index (χ2n) is 4.75. The third-order valence-electron chi connectivity index (χ3n) is 3.68. The summed E-state index contributed by atoms with van der Waals surface area (Å²) in [6.07, 6.45) is 3.59. The number of aromatic nitrogens is 5. The molecule has 5 nitrogen and oxygen atoms in total. The van der Waals surface area contributed by atoms with Gasteiger partial charge in [0, 0.05) is 11.6 Å². The van der Waals surface area contributed by atoms with Gasteiger partial charge in [-0.3, -0.25) is 4.40 Å². The molecule has 0 fully saturated rings. The van der Waals surface area contributed by atoms with Gasteiger partial charge in [0.15, 0.2) is 5.65 Å². The molecule has 94 valence electrons. The van der Waals surface area contributed by atoms with E-state index in [4.69, 9.17) is 4.98 Å². The molecule has 0 aliphatic carbocycles. The number of hydrogen-bond acceptors (Lipinski definition) is 3. The van der Waals surface area contributed by atoms with Gasteiger partial charge in [0.1, 0.15) is 23.0 Å². The summed E-state index contributed by atoms with van der Waals surface area (Å²) < 4.78 is 3.94. The molecule has 0 amide bonds. The molecular formula is C15H9N5. The molecule has 0 N–H and O–H groups in total. The van der Waals surface area contributed by atoms with E-state index in [0.29, 0.717) is 0 Å². The van der Waals surface area contributed by atoms with Gasteiger partial charge in [-0.1, -0.05) is 24.3 Å². The maximum Gasteiger partial charge on any atom is 0.182 e. The number of imidazole rings is 1. The van der Waals surface area contributed by atoms with Gasteiger partial charge in [-0.15, -0.1) is 0 Å². The highest BCUT2D eigenvalue weighted by molar-refractivity contribution is 6.09. The fraction of sp³-hybridized carbons (Fsp3) is 0. The number of pyridine rings is 2. The molecule has 1 aromatic carbocycles.